The summed E-state index contributed by atoms with van der Waals surface area (Å²) >= 11 is 0. The van der Waals surface area contributed by atoms with E-state index in [1.54, 1.807) is 18.4 Å². The van der Waals surface area contributed by atoms with Crippen molar-refractivity contribution in [1.29, 1.82) is 0 Å². The minimum Gasteiger partial charge on any atom is -0.485 e. The number of morpholine rings is 1. The predicted molar refractivity (Wildman–Crippen MR) is 124 cm³/mol. The predicted octanol–water partition coefficient (Wildman–Crippen LogP) is 5.24. The molecule has 0 atom stereocenters. The Hall–Kier alpha value is -3.84. The first kappa shape index (κ1) is 21.0. The zero-order valence-electron chi connectivity index (χ0n) is 17.9. The number of amides is 1. The highest BCUT2D eigenvalue weighted by atomic mass is 19.1. The second kappa shape index (κ2) is 9.34. The highest BCUT2D eigenvalue weighted by molar-refractivity contribution is 6.10. The first-order valence-corrected chi connectivity index (χ1v) is 10.8. The third kappa shape index (κ3) is 4.68. The number of rotatable bonds is 6. The molecule has 0 bridgehead atoms. The molecule has 1 aromatic heterocycles. The minimum absolute atomic E-state index is 0.263. The van der Waals surface area contributed by atoms with Gasteiger partial charge in [0.05, 0.1) is 19.5 Å². The molecule has 0 radical (unpaired) electrons. The maximum atomic E-state index is 14.3. The number of nitrogens with one attached hydrogen (secondary N) is 1. The molecule has 0 unspecified atom stereocenters. The summed E-state index contributed by atoms with van der Waals surface area (Å²) in [6.07, 6.45) is 1.60. The van der Waals surface area contributed by atoms with Gasteiger partial charge < -0.3 is 24.1 Å². The van der Waals surface area contributed by atoms with Crippen molar-refractivity contribution in [2.45, 2.75) is 6.61 Å². The number of hydrogen-bond donors (Lipinski definition) is 1. The van der Waals surface area contributed by atoms with Crippen molar-refractivity contribution < 1.29 is 23.1 Å². The molecule has 1 aliphatic heterocycles. The van der Waals surface area contributed by atoms with Crippen LogP contribution >= 0.6 is 0 Å². The molecule has 2 heterocycles. The van der Waals surface area contributed by atoms with E-state index in [9.17, 15) is 9.18 Å². The first-order chi connectivity index (χ1) is 16.2. The largest absolute Gasteiger partial charge is 0.485 e. The topological polar surface area (TPSA) is 63.9 Å². The summed E-state index contributed by atoms with van der Waals surface area (Å²) in [5.74, 6) is 0.577. The highest BCUT2D eigenvalue weighted by Gasteiger charge is 2.17. The van der Waals surface area contributed by atoms with Crippen molar-refractivity contribution in [1.82, 2.24) is 0 Å². The minimum atomic E-state index is -0.448. The molecule has 0 saturated carbocycles. The van der Waals surface area contributed by atoms with Crippen LogP contribution in [0.4, 0.5) is 15.8 Å². The van der Waals surface area contributed by atoms with Gasteiger partial charge in [0.25, 0.3) is 5.91 Å². The SMILES string of the molecule is O=C(Nc1ccc(OCc2ccco2)c2ccccc12)c1cc(F)cc(N2CCOCC2)c1. The smallest absolute Gasteiger partial charge is 0.255 e. The van der Waals surface area contributed by atoms with Gasteiger partial charge in [-0.25, -0.2) is 4.39 Å². The Morgan fingerprint density at radius 2 is 1.82 bits per heavy atom. The van der Waals surface area contributed by atoms with Crippen LogP contribution in [0.2, 0.25) is 0 Å². The van der Waals surface area contributed by atoms with Crippen LogP contribution < -0.4 is 15.0 Å². The Labute approximate surface area is 190 Å². The number of anilines is 2. The Bertz CT molecular complexity index is 1270. The van der Waals surface area contributed by atoms with Crippen LogP contribution in [0, 0.1) is 5.82 Å². The summed E-state index contributed by atoms with van der Waals surface area (Å²) in [6, 6.07) is 19.3. The molecular weight excluding hydrogens is 423 g/mol. The van der Waals surface area contributed by atoms with Crippen molar-refractivity contribution in [3.63, 3.8) is 0 Å². The molecule has 1 N–H and O–H groups in total. The van der Waals surface area contributed by atoms with E-state index in [4.69, 9.17) is 13.9 Å². The Balaban J connectivity index is 1.39. The van der Waals surface area contributed by atoms with Crippen LogP contribution in [0.5, 0.6) is 5.75 Å². The third-order valence-corrected chi connectivity index (χ3v) is 5.60. The number of halogens is 1. The fourth-order valence-corrected chi connectivity index (χ4v) is 3.95. The van der Waals surface area contributed by atoms with E-state index < -0.39 is 5.82 Å². The van der Waals surface area contributed by atoms with Gasteiger partial charge in [-0.1, -0.05) is 24.3 Å². The average Bonchev–Trinajstić information content (AvgIpc) is 3.37. The summed E-state index contributed by atoms with van der Waals surface area (Å²) in [5, 5.41) is 4.62. The molecule has 33 heavy (non-hydrogen) atoms. The van der Waals surface area contributed by atoms with Gasteiger partial charge >= 0.3 is 0 Å². The lowest BCUT2D eigenvalue weighted by Gasteiger charge is -2.29. The van der Waals surface area contributed by atoms with E-state index in [-0.39, 0.29) is 11.5 Å². The zero-order chi connectivity index (χ0) is 22.6. The molecule has 5 rings (SSSR count). The normalized spacial score (nSPS) is 13.8. The van der Waals surface area contributed by atoms with Gasteiger partial charge in [-0.2, -0.15) is 0 Å². The summed E-state index contributed by atoms with van der Waals surface area (Å²) in [5.41, 5.74) is 1.56. The van der Waals surface area contributed by atoms with Gasteiger partial charge in [-0.3, -0.25) is 4.79 Å². The summed E-state index contributed by atoms with van der Waals surface area (Å²) in [6.45, 7) is 2.79. The Kier molecular flexibility index (Phi) is 5.95. The summed E-state index contributed by atoms with van der Waals surface area (Å²) < 4.78 is 31.0. The molecule has 4 aromatic rings. The van der Waals surface area contributed by atoms with Crippen LogP contribution in [-0.2, 0) is 11.3 Å². The molecule has 1 amide bonds. The number of carbonyl (C=O) groups excluding carboxylic acids is 1. The number of carbonyl (C=O) groups is 1. The van der Waals surface area contributed by atoms with Gasteiger partial charge in [-0.05, 0) is 42.5 Å². The zero-order valence-corrected chi connectivity index (χ0v) is 17.9. The Morgan fingerprint density at radius 3 is 2.61 bits per heavy atom. The van der Waals surface area contributed by atoms with E-state index in [0.29, 0.717) is 50.0 Å². The van der Waals surface area contributed by atoms with Crippen molar-refractivity contribution in [2.24, 2.45) is 0 Å². The number of fused-ring (bicyclic) bond motifs is 1. The monoisotopic (exact) mass is 446 g/mol. The molecule has 7 heteroatoms. The van der Waals surface area contributed by atoms with E-state index in [1.807, 2.05) is 47.4 Å². The van der Waals surface area contributed by atoms with Crippen molar-refractivity contribution in [3.8, 4) is 5.75 Å². The van der Waals surface area contributed by atoms with Crippen LogP contribution in [0.15, 0.2) is 77.4 Å². The fourth-order valence-electron chi connectivity index (χ4n) is 3.95. The van der Waals surface area contributed by atoms with E-state index in [2.05, 4.69) is 5.32 Å². The van der Waals surface area contributed by atoms with E-state index >= 15 is 0 Å². The third-order valence-electron chi connectivity index (χ3n) is 5.60. The molecule has 6 nitrogen and oxygen atoms in total. The number of furan rings is 1. The lowest BCUT2D eigenvalue weighted by molar-refractivity contribution is 0.102. The second-order valence-corrected chi connectivity index (χ2v) is 7.78. The maximum Gasteiger partial charge on any atom is 0.255 e. The van der Waals surface area contributed by atoms with Gasteiger partial charge in [-0.15, -0.1) is 0 Å². The first-order valence-electron chi connectivity index (χ1n) is 10.8. The standard InChI is InChI=1S/C26H23FN2O4/c27-19-14-18(15-20(16-19)29-9-12-31-13-10-29)26(30)28-24-7-8-25(23-6-2-1-5-22(23)24)33-17-21-4-3-11-32-21/h1-8,11,14-16H,9-10,12-13,17H2,(H,28,30). The number of ether oxygens (including phenoxy) is 2. The van der Waals surface area contributed by atoms with Crippen LogP contribution in [-0.4, -0.2) is 32.2 Å². The van der Waals surface area contributed by atoms with E-state index in [0.717, 1.165) is 16.5 Å². The number of hydrogen-bond acceptors (Lipinski definition) is 5. The van der Waals surface area contributed by atoms with Crippen LogP contribution in [0.25, 0.3) is 10.8 Å². The molecule has 0 aliphatic carbocycles. The fraction of sp³-hybridized carbons (Fsp3) is 0.192. The molecule has 0 spiro atoms. The number of benzene rings is 3. The lowest BCUT2D eigenvalue weighted by Crippen LogP contribution is -2.36. The summed E-state index contributed by atoms with van der Waals surface area (Å²) in [7, 11) is 0. The van der Waals surface area contributed by atoms with Crippen molar-refractivity contribution >= 4 is 28.1 Å². The van der Waals surface area contributed by atoms with Crippen molar-refractivity contribution in [3.05, 3.63) is 90.1 Å². The van der Waals surface area contributed by atoms with E-state index in [1.165, 1.54) is 12.1 Å². The van der Waals surface area contributed by atoms with Gasteiger partial charge in [0.1, 0.15) is 23.9 Å². The number of nitrogens with zero attached hydrogens (tertiary/aromatic N) is 1. The highest BCUT2D eigenvalue weighted by Crippen LogP contribution is 2.32. The molecule has 1 aliphatic rings. The maximum absolute atomic E-state index is 14.3. The van der Waals surface area contributed by atoms with Crippen molar-refractivity contribution in [2.75, 3.05) is 36.5 Å². The molecule has 168 valence electrons. The van der Waals surface area contributed by atoms with Crippen LogP contribution in [0.3, 0.4) is 0 Å². The average molecular weight is 446 g/mol. The molecular formula is C26H23FN2O4. The quantitative estimate of drug-likeness (QED) is 0.439. The van der Waals surface area contributed by atoms with Gasteiger partial charge in [0.2, 0.25) is 0 Å². The second-order valence-electron chi connectivity index (χ2n) is 7.78. The van der Waals surface area contributed by atoms with Crippen LogP contribution in [0.1, 0.15) is 16.1 Å². The molecule has 1 saturated heterocycles. The Morgan fingerprint density at radius 1 is 1.00 bits per heavy atom. The van der Waals surface area contributed by atoms with Gasteiger partial charge in [0.15, 0.2) is 0 Å². The lowest BCUT2D eigenvalue weighted by atomic mass is 10.1. The molecule has 3 aromatic carbocycles. The molecule has 1 fully saturated rings. The summed E-state index contributed by atoms with van der Waals surface area (Å²) in [4.78, 5) is 15.1. The van der Waals surface area contributed by atoms with Gasteiger partial charge in [0, 0.05) is 40.8 Å².